The predicted octanol–water partition coefficient (Wildman–Crippen LogP) is 1.15. The highest BCUT2D eigenvalue weighted by molar-refractivity contribution is 6.05. The van der Waals surface area contributed by atoms with Crippen LogP contribution in [0.3, 0.4) is 0 Å². The maximum absolute atomic E-state index is 12.9. The number of piperidine rings is 1. The van der Waals surface area contributed by atoms with E-state index in [1.54, 1.807) is 4.90 Å². The van der Waals surface area contributed by atoms with Crippen molar-refractivity contribution in [2.24, 2.45) is 11.7 Å². The molecule has 0 bridgehead atoms. The number of carbonyl (C=O) groups excluding carboxylic acids is 3. The van der Waals surface area contributed by atoms with Crippen molar-refractivity contribution in [3.8, 4) is 0 Å². The zero-order valence-electron chi connectivity index (χ0n) is 16.7. The van der Waals surface area contributed by atoms with Gasteiger partial charge in [0.15, 0.2) is 0 Å². The number of nitrogens with zero attached hydrogens (tertiary/aromatic N) is 2. The van der Waals surface area contributed by atoms with Crippen molar-refractivity contribution in [1.29, 1.82) is 0 Å². The Balaban J connectivity index is 1.34. The van der Waals surface area contributed by atoms with E-state index in [1.807, 2.05) is 12.1 Å². The van der Waals surface area contributed by atoms with Crippen molar-refractivity contribution in [1.82, 2.24) is 15.1 Å². The average Bonchev–Trinajstić information content (AvgIpc) is 3.35. The highest BCUT2D eigenvalue weighted by Gasteiger charge is 2.50. The van der Waals surface area contributed by atoms with Crippen LogP contribution < -0.4 is 11.1 Å². The third kappa shape index (κ3) is 2.90. The Morgan fingerprint density at radius 2 is 2.03 bits per heavy atom. The van der Waals surface area contributed by atoms with Crippen molar-refractivity contribution >= 4 is 17.7 Å². The number of carbonyl (C=O) groups is 3. The minimum absolute atomic E-state index is 0.114. The van der Waals surface area contributed by atoms with Gasteiger partial charge in [-0.05, 0) is 55.3 Å². The van der Waals surface area contributed by atoms with E-state index in [0.29, 0.717) is 31.0 Å². The van der Waals surface area contributed by atoms with Crippen LogP contribution in [0.25, 0.3) is 0 Å². The Bertz CT molecular complexity index is 885. The summed E-state index contributed by atoms with van der Waals surface area (Å²) >= 11 is 0. The number of hydrogen-bond acceptors (Lipinski definition) is 5. The fourth-order valence-corrected chi connectivity index (χ4v) is 6.07. The van der Waals surface area contributed by atoms with E-state index in [0.717, 1.165) is 18.7 Å². The van der Waals surface area contributed by atoms with Gasteiger partial charge < -0.3 is 10.6 Å². The third-order valence-electron chi connectivity index (χ3n) is 7.61. The highest BCUT2D eigenvalue weighted by Crippen LogP contribution is 2.47. The van der Waals surface area contributed by atoms with E-state index in [9.17, 15) is 14.4 Å². The van der Waals surface area contributed by atoms with Gasteiger partial charge in [-0.25, -0.2) is 0 Å². The summed E-state index contributed by atoms with van der Waals surface area (Å²) in [6, 6.07) is 5.49. The van der Waals surface area contributed by atoms with E-state index in [1.165, 1.54) is 31.2 Å². The molecule has 5 rings (SSSR count). The average molecular weight is 396 g/mol. The Morgan fingerprint density at radius 3 is 2.83 bits per heavy atom. The Morgan fingerprint density at radius 1 is 1.17 bits per heavy atom. The smallest absolute Gasteiger partial charge is 0.255 e. The van der Waals surface area contributed by atoms with Crippen LogP contribution in [0.5, 0.6) is 0 Å². The van der Waals surface area contributed by atoms with Crippen LogP contribution in [-0.2, 0) is 22.7 Å². The molecule has 1 aliphatic carbocycles. The molecule has 3 fully saturated rings. The Kier molecular flexibility index (Phi) is 4.47. The first-order valence-corrected chi connectivity index (χ1v) is 10.7. The van der Waals surface area contributed by atoms with Gasteiger partial charge in [-0.1, -0.05) is 18.6 Å². The second-order valence-electron chi connectivity index (χ2n) is 9.00. The molecule has 7 nitrogen and oxygen atoms in total. The lowest BCUT2D eigenvalue weighted by Crippen LogP contribution is -2.52. The zero-order valence-corrected chi connectivity index (χ0v) is 16.7. The van der Waals surface area contributed by atoms with Crippen LogP contribution in [0.2, 0.25) is 0 Å². The molecule has 2 saturated heterocycles. The van der Waals surface area contributed by atoms with Crippen molar-refractivity contribution in [3.05, 3.63) is 34.9 Å². The number of amides is 3. The molecule has 1 aromatic carbocycles. The summed E-state index contributed by atoms with van der Waals surface area (Å²) in [6.45, 7) is 3.08. The van der Waals surface area contributed by atoms with Crippen molar-refractivity contribution < 1.29 is 14.4 Å². The molecule has 1 aromatic rings. The molecule has 0 aromatic heterocycles. The molecular formula is C22H28N4O3. The van der Waals surface area contributed by atoms with Crippen LogP contribution in [0, 0.1) is 5.92 Å². The number of benzene rings is 1. The molecule has 3 amide bonds. The van der Waals surface area contributed by atoms with Crippen molar-refractivity contribution in [3.63, 3.8) is 0 Å². The summed E-state index contributed by atoms with van der Waals surface area (Å²) in [4.78, 5) is 40.7. The number of fused-ring (bicyclic) bond motifs is 2. The molecule has 3 atom stereocenters. The van der Waals surface area contributed by atoms with Gasteiger partial charge in [-0.3, -0.25) is 24.6 Å². The van der Waals surface area contributed by atoms with Gasteiger partial charge in [-0.15, -0.1) is 0 Å². The molecule has 7 heteroatoms. The molecular weight excluding hydrogens is 368 g/mol. The van der Waals surface area contributed by atoms with Crippen molar-refractivity contribution in [2.45, 2.75) is 63.2 Å². The highest BCUT2D eigenvalue weighted by atomic mass is 16.2. The summed E-state index contributed by atoms with van der Waals surface area (Å²) in [5, 5.41) is 2.35. The molecule has 3 aliphatic heterocycles. The standard InChI is InChI=1S/C22H28N4O3/c23-13-22-8-1-2-16(22)7-9-25(22)11-14-3-4-17-15(10-14)12-26(21(17)29)18-5-6-19(27)24-20(18)28/h3-4,10,16,18H,1-2,5-9,11-13,23H2,(H,24,27,28). The number of likely N-dealkylation sites (tertiary alicyclic amines) is 1. The summed E-state index contributed by atoms with van der Waals surface area (Å²) in [5.74, 6) is -0.0257. The summed E-state index contributed by atoms with van der Waals surface area (Å²) in [6.07, 6.45) is 5.63. The van der Waals surface area contributed by atoms with Crippen LogP contribution >= 0.6 is 0 Å². The molecule has 29 heavy (non-hydrogen) atoms. The number of nitrogens with one attached hydrogen (secondary N) is 1. The fraction of sp³-hybridized carbons (Fsp3) is 0.591. The number of nitrogens with two attached hydrogens (primary N) is 1. The lowest BCUT2D eigenvalue weighted by Gasteiger charge is -2.38. The van der Waals surface area contributed by atoms with Crippen LogP contribution in [0.15, 0.2) is 18.2 Å². The lowest BCUT2D eigenvalue weighted by molar-refractivity contribution is -0.136. The van der Waals surface area contributed by atoms with Gasteiger partial charge in [-0.2, -0.15) is 0 Å². The molecule has 3 N–H and O–H groups in total. The van der Waals surface area contributed by atoms with Crippen LogP contribution in [0.1, 0.15) is 60.0 Å². The second-order valence-corrected chi connectivity index (χ2v) is 9.00. The minimum Gasteiger partial charge on any atom is -0.329 e. The normalized spacial score (nSPS) is 31.9. The van der Waals surface area contributed by atoms with E-state index in [4.69, 9.17) is 5.73 Å². The topological polar surface area (TPSA) is 95.7 Å². The molecule has 0 spiro atoms. The first-order chi connectivity index (χ1) is 14.0. The van der Waals surface area contributed by atoms with E-state index < -0.39 is 6.04 Å². The monoisotopic (exact) mass is 396 g/mol. The van der Waals surface area contributed by atoms with Gasteiger partial charge in [0.05, 0.1) is 0 Å². The van der Waals surface area contributed by atoms with E-state index in [2.05, 4.69) is 16.3 Å². The Hall–Kier alpha value is -2.25. The molecule has 4 aliphatic rings. The summed E-state index contributed by atoms with van der Waals surface area (Å²) < 4.78 is 0. The maximum Gasteiger partial charge on any atom is 0.255 e. The van der Waals surface area contributed by atoms with Crippen LogP contribution in [0.4, 0.5) is 0 Å². The predicted molar refractivity (Wildman–Crippen MR) is 107 cm³/mol. The van der Waals surface area contributed by atoms with Gasteiger partial charge in [0, 0.05) is 37.2 Å². The third-order valence-corrected chi connectivity index (χ3v) is 7.61. The summed E-state index contributed by atoms with van der Waals surface area (Å²) in [5.41, 5.74) is 9.22. The van der Waals surface area contributed by atoms with Gasteiger partial charge in [0.1, 0.15) is 6.04 Å². The summed E-state index contributed by atoms with van der Waals surface area (Å²) in [7, 11) is 0. The minimum atomic E-state index is -0.561. The van der Waals surface area contributed by atoms with E-state index in [-0.39, 0.29) is 29.7 Å². The molecule has 154 valence electrons. The van der Waals surface area contributed by atoms with Crippen LogP contribution in [-0.4, -0.2) is 52.2 Å². The quantitative estimate of drug-likeness (QED) is 0.745. The zero-order chi connectivity index (χ0) is 20.2. The molecule has 3 heterocycles. The van der Waals surface area contributed by atoms with E-state index >= 15 is 0 Å². The number of rotatable bonds is 4. The largest absolute Gasteiger partial charge is 0.329 e. The number of imide groups is 1. The van der Waals surface area contributed by atoms with Gasteiger partial charge in [0.25, 0.3) is 5.91 Å². The molecule has 1 saturated carbocycles. The number of hydrogen-bond donors (Lipinski definition) is 2. The van der Waals surface area contributed by atoms with Gasteiger partial charge >= 0.3 is 0 Å². The molecule has 3 unspecified atom stereocenters. The lowest BCUT2D eigenvalue weighted by atomic mass is 9.88. The fourth-order valence-electron chi connectivity index (χ4n) is 6.07. The van der Waals surface area contributed by atoms with Gasteiger partial charge in [0.2, 0.25) is 11.8 Å². The molecule has 0 radical (unpaired) electrons. The van der Waals surface area contributed by atoms with Crippen molar-refractivity contribution in [2.75, 3.05) is 13.1 Å². The maximum atomic E-state index is 12.9. The Labute approximate surface area is 170 Å². The first kappa shape index (κ1) is 18.8. The second kappa shape index (κ2) is 6.92. The first-order valence-electron chi connectivity index (χ1n) is 10.7. The SMILES string of the molecule is NCC12CCCC1CCN2Cc1ccc2c(c1)CN(C1CCC(=O)NC1=O)C2=O.